The molecule has 0 aromatic heterocycles. The molecule has 1 aliphatic rings. The van der Waals surface area contributed by atoms with Crippen LogP contribution >= 0.6 is 0 Å². The summed E-state index contributed by atoms with van der Waals surface area (Å²) in [4.78, 5) is 2.27. The summed E-state index contributed by atoms with van der Waals surface area (Å²) in [6, 6.07) is 9.99. The van der Waals surface area contributed by atoms with E-state index < -0.39 is 5.60 Å². The Morgan fingerprint density at radius 2 is 1.73 bits per heavy atom. The van der Waals surface area contributed by atoms with Crippen molar-refractivity contribution >= 4 is 0 Å². The highest BCUT2D eigenvalue weighted by molar-refractivity contribution is 5.35. The third-order valence-corrected chi connectivity index (χ3v) is 5.24. The van der Waals surface area contributed by atoms with Crippen LogP contribution in [0.4, 0.5) is 0 Å². The third-order valence-electron chi connectivity index (χ3n) is 5.24. The third kappa shape index (κ3) is 3.37. The highest BCUT2D eigenvalue weighted by Gasteiger charge is 2.48. The van der Waals surface area contributed by atoms with Crippen molar-refractivity contribution in [3.8, 4) is 11.8 Å². The number of rotatable bonds is 5. The first-order valence-electron chi connectivity index (χ1n) is 8.56. The van der Waals surface area contributed by atoms with Crippen LogP contribution in [0.15, 0.2) is 30.3 Å². The SMILES string of the molecule is CCN(CC)CC#C[C@@](O)(c1ccccc1)C1(C)CCCC1. The van der Waals surface area contributed by atoms with E-state index in [2.05, 4.69) is 37.5 Å². The molecule has 120 valence electrons. The first-order valence-corrected chi connectivity index (χ1v) is 8.56. The average Bonchev–Trinajstić information content (AvgIpc) is 3.00. The quantitative estimate of drug-likeness (QED) is 0.836. The molecular formula is C20H29NO. The van der Waals surface area contributed by atoms with Gasteiger partial charge in [-0.1, -0.05) is 75.8 Å². The van der Waals surface area contributed by atoms with Crippen molar-refractivity contribution in [2.75, 3.05) is 19.6 Å². The molecule has 0 amide bonds. The fraction of sp³-hybridized carbons (Fsp3) is 0.600. The van der Waals surface area contributed by atoms with Gasteiger partial charge in [-0.05, 0) is 31.5 Å². The second-order valence-corrected chi connectivity index (χ2v) is 6.61. The van der Waals surface area contributed by atoms with E-state index in [0.29, 0.717) is 0 Å². The van der Waals surface area contributed by atoms with Crippen molar-refractivity contribution in [2.24, 2.45) is 5.41 Å². The molecule has 1 aromatic rings. The number of hydrogen-bond acceptors (Lipinski definition) is 2. The minimum absolute atomic E-state index is 0.148. The van der Waals surface area contributed by atoms with Crippen LogP contribution in [0.25, 0.3) is 0 Å². The Bertz CT molecular complexity index is 518. The number of benzene rings is 1. The number of aliphatic hydroxyl groups is 1. The lowest BCUT2D eigenvalue weighted by atomic mass is 9.68. The topological polar surface area (TPSA) is 23.5 Å². The summed E-state index contributed by atoms with van der Waals surface area (Å²) in [6.07, 6.45) is 4.45. The van der Waals surface area contributed by atoms with E-state index in [9.17, 15) is 5.11 Å². The molecular weight excluding hydrogens is 270 g/mol. The van der Waals surface area contributed by atoms with Gasteiger partial charge in [-0.15, -0.1) is 0 Å². The van der Waals surface area contributed by atoms with E-state index in [1.165, 1.54) is 12.8 Å². The van der Waals surface area contributed by atoms with Crippen molar-refractivity contribution in [3.05, 3.63) is 35.9 Å². The first kappa shape index (κ1) is 17.1. The summed E-state index contributed by atoms with van der Waals surface area (Å²) < 4.78 is 0. The minimum Gasteiger partial charge on any atom is -0.373 e. The first-order chi connectivity index (χ1) is 10.6. The van der Waals surface area contributed by atoms with E-state index >= 15 is 0 Å². The van der Waals surface area contributed by atoms with Crippen LogP contribution in [0.1, 0.15) is 52.0 Å². The Balaban J connectivity index is 2.33. The fourth-order valence-corrected chi connectivity index (χ4v) is 3.49. The van der Waals surface area contributed by atoms with Gasteiger partial charge in [-0.3, -0.25) is 4.90 Å². The Hall–Kier alpha value is -1.30. The van der Waals surface area contributed by atoms with Crippen LogP contribution in [0.3, 0.4) is 0 Å². The van der Waals surface area contributed by atoms with Gasteiger partial charge >= 0.3 is 0 Å². The van der Waals surface area contributed by atoms with E-state index in [-0.39, 0.29) is 5.41 Å². The summed E-state index contributed by atoms with van der Waals surface area (Å²) >= 11 is 0. The molecule has 0 saturated heterocycles. The predicted octanol–water partition coefficient (Wildman–Crippen LogP) is 3.80. The zero-order valence-electron chi connectivity index (χ0n) is 14.2. The van der Waals surface area contributed by atoms with Gasteiger partial charge in [0.15, 0.2) is 5.60 Å². The molecule has 1 N–H and O–H groups in total. The van der Waals surface area contributed by atoms with E-state index in [0.717, 1.165) is 38.0 Å². The zero-order chi connectivity index (χ0) is 16.1. The van der Waals surface area contributed by atoms with Gasteiger partial charge in [0.1, 0.15) is 0 Å². The van der Waals surface area contributed by atoms with E-state index in [1.807, 2.05) is 30.3 Å². The Morgan fingerprint density at radius 1 is 1.14 bits per heavy atom. The van der Waals surface area contributed by atoms with Crippen molar-refractivity contribution in [1.82, 2.24) is 4.90 Å². The molecule has 2 rings (SSSR count). The molecule has 22 heavy (non-hydrogen) atoms. The lowest BCUT2D eigenvalue weighted by Crippen LogP contribution is -2.41. The minimum atomic E-state index is -1.04. The van der Waals surface area contributed by atoms with Crippen LogP contribution in [-0.2, 0) is 5.60 Å². The van der Waals surface area contributed by atoms with Crippen LogP contribution < -0.4 is 0 Å². The molecule has 0 bridgehead atoms. The van der Waals surface area contributed by atoms with E-state index in [1.54, 1.807) is 0 Å². The van der Waals surface area contributed by atoms with Gasteiger partial charge in [0, 0.05) is 5.41 Å². The smallest absolute Gasteiger partial charge is 0.156 e. The van der Waals surface area contributed by atoms with Crippen LogP contribution in [-0.4, -0.2) is 29.6 Å². The standard InChI is InChI=1S/C20H29NO/c1-4-21(5-2)17-11-16-20(22,18-12-7-6-8-13-18)19(3)14-9-10-15-19/h6-8,12-13,22H,4-5,9-10,14-15,17H2,1-3H3/t20-/m1/s1. The molecule has 2 nitrogen and oxygen atoms in total. The molecule has 1 saturated carbocycles. The molecule has 0 radical (unpaired) electrons. The molecule has 1 aromatic carbocycles. The molecule has 0 heterocycles. The number of nitrogens with zero attached hydrogens (tertiary/aromatic N) is 1. The Labute approximate surface area is 135 Å². The van der Waals surface area contributed by atoms with Crippen molar-refractivity contribution in [1.29, 1.82) is 0 Å². The van der Waals surface area contributed by atoms with Crippen molar-refractivity contribution in [3.63, 3.8) is 0 Å². The van der Waals surface area contributed by atoms with Gasteiger partial charge in [0.2, 0.25) is 0 Å². The summed E-state index contributed by atoms with van der Waals surface area (Å²) in [5, 5.41) is 11.5. The molecule has 0 unspecified atom stereocenters. The zero-order valence-corrected chi connectivity index (χ0v) is 14.2. The van der Waals surface area contributed by atoms with Crippen LogP contribution in [0.5, 0.6) is 0 Å². The van der Waals surface area contributed by atoms with Gasteiger partial charge in [-0.25, -0.2) is 0 Å². The molecule has 1 aliphatic carbocycles. The predicted molar refractivity (Wildman–Crippen MR) is 92.5 cm³/mol. The summed E-state index contributed by atoms with van der Waals surface area (Å²) in [5.41, 5.74) is -0.255. The molecule has 1 atom stereocenters. The average molecular weight is 299 g/mol. The summed E-state index contributed by atoms with van der Waals surface area (Å²) in [6.45, 7) is 9.19. The lowest BCUT2D eigenvalue weighted by molar-refractivity contribution is -0.0278. The Morgan fingerprint density at radius 3 is 2.27 bits per heavy atom. The van der Waals surface area contributed by atoms with Gasteiger partial charge < -0.3 is 5.11 Å². The molecule has 1 fully saturated rings. The van der Waals surface area contributed by atoms with Gasteiger partial charge in [0.25, 0.3) is 0 Å². The van der Waals surface area contributed by atoms with E-state index in [4.69, 9.17) is 0 Å². The second-order valence-electron chi connectivity index (χ2n) is 6.61. The van der Waals surface area contributed by atoms with Crippen LogP contribution in [0, 0.1) is 17.3 Å². The highest BCUT2D eigenvalue weighted by Crippen LogP contribution is 2.50. The lowest BCUT2D eigenvalue weighted by Gasteiger charge is -2.39. The fourth-order valence-electron chi connectivity index (χ4n) is 3.49. The van der Waals surface area contributed by atoms with Gasteiger partial charge in [-0.2, -0.15) is 0 Å². The van der Waals surface area contributed by atoms with Crippen LogP contribution in [0.2, 0.25) is 0 Å². The normalized spacial score (nSPS) is 19.5. The molecule has 2 heteroatoms. The maximum atomic E-state index is 11.5. The summed E-state index contributed by atoms with van der Waals surface area (Å²) in [5.74, 6) is 6.51. The van der Waals surface area contributed by atoms with Gasteiger partial charge in [0.05, 0.1) is 6.54 Å². The van der Waals surface area contributed by atoms with Crippen molar-refractivity contribution < 1.29 is 5.11 Å². The second kappa shape index (κ2) is 7.31. The largest absolute Gasteiger partial charge is 0.373 e. The molecule has 0 aliphatic heterocycles. The maximum absolute atomic E-state index is 11.5. The van der Waals surface area contributed by atoms with Crippen molar-refractivity contribution in [2.45, 2.75) is 52.1 Å². The Kier molecular flexibility index (Phi) is 5.67. The number of hydrogen-bond donors (Lipinski definition) is 1. The molecule has 0 spiro atoms. The monoisotopic (exact) mass is 299 g/mol. The highest BCUT2D eigenvalue weighted by atomic mass is 16.3. The maximum Gasteiger partial charge on any atom is 0.156 e. The summed E-state index contributed by atoms with van der Waals surface area (Å²) in [7, 11) is 0.